The van der Waals surface area contributed by atoms with Gasteiger partial charge < -0.3 is 4.90 Å². The molecule has 0 atom stereocenters. The van der Waals surface area contributed by atoms with Crippen LogP contribution in [-0.4, -0.2) is 9.38 Å². The Bertz CT molecular complexity index is 1550. The molecule has 0 saturated carbocycles. The number of benzene rings is 3. The van der Waals surface area contributed by atoms with Gasteiger partial charge in [0.15, 0.2) is 11.9 Å². The molecule has 0 unspecified atom stereocenters. The zero-order chi connectivity index (χ0) is 23.6. The number of aryl methyl sites for hydroxylation is 1. The molecule has 0 aliphatic carbocycles. The van der Waals surface area contributed by atoms with E-state index in [9.17, 15) is 0 Å². The highest BCUT2D eigenvalue weighted by Crippen LogP contribution is 2.35. The van der Waals surface area contributed by atoms with Gasteiger partial charge >= 0.3 is 0 Å². The molecule has 0 aliphatic heterocycles. The first-order valence-electron chi connectivity index (χ1n) is 11.7. The zero-order valence-corrected chi connectivity index (χ0v) is 19.5. The number of imidazole rings is 1. The van der Waals surface area contributed by atoms with Crippen LogP contribution in [0.1, 0.15) is 0 Å². The zero-order valence-electron chi connectivity index (χ0n) is 19.5. The van der Waals surface area contributed by atoms with Gasteiger partial charge in [-0.1, -0.05) is 42.5 Å². The third-order valence-corrected chi connectivity index (χ3v) is 6.26. The van der Waals surface area contributed by atoms with Crippen molar-refractivity contribution in [2.75, 3.05) is 4.90 Å². The monoisotopic (exact) mass is 453 g/mol. The highest BCUT2D eigenvalue weighted by atomic mass is 15.1. The van der Waals surface area contributed by atoms with E-state index >= 15 is 0 Å². The summed E-state index contributed by atoms with van der Waals surface area (Å²) in [5.41, 5.74) is 7.56. The van der Waals surface area contributed by atoms with Gasteiger partial charge in [-0.15, -0.1) is 0 Å². The number of nitrogens with zero attached hydrogens (tertiary/aromatic N) is 4. The molecule has 3 heterocycles. The minimum absolute atomic E-state index is 0.928. The van der Waals surface area contributed by atoms with E-state index in [1.165, 1.54) is 0 Å². The van der Waals surface area contributed by atoms with Gasteiger partial charge in [-0.3, -0.25) is 4.40 Å². The first-order chi connectivity index (χ1) is 17.3. The topological polar surface area (TPSA) is 24.4 Å². The van der Waals surface area contributed by atoms with Crippen molar-refractivity contribution in [1.82, 2.24) is 9.38 Å². The lowest BCUT2D eigenvalue weighted by atomic mass is 10.1. The second kappa shape index (κ2) is 8.92. The van der Waals surface area contributed by atoms with E-state index in [2.05, 4.69) is 130 Å². The summed E-state index contributed by atoms with van der Waals surface area (Å²) in [6.07, 6.45) is 4.14. The van der Waals surface area contributed by atoms with Crippen LogP contribution in [0.5, 0.6) is 0 Å². The normalized spacial score (nSPS) is 11.0. The molecule has 3 aromatic heterocycles. The van der Waals surface area contributed by atoms with Crippen molar-refractivity contribution in [3.63, 3.8) is 0 Å². The maximum atomic E-state index is 5.11. The summed E-state index contributed by atoms with van der Waals surface area (Å²) in [5.74, 6) is 0.928. The van der Waals surface area contributed by atoms with Crippen molar-refractivity contribution in [3.05, 3.63) is 134 Å². The van der Waals surface area contributed by atoms with E-state index in [1.807, 2.05) is 24.3 Å². The Morgan fingerprint density at radius 2 is 1.23 bits per heavy atom. The number of anilines is 3. The molecule has 0 saturated heterocycles. The van der Waals surface area contributed by atoms with Gasteiger partial charge in [0.25, 0.3) is 0 Å². The third kappa shape index (κ3) is 3.85. The van der Waals surface area contributed by atoms with Crippen LogP contribution in [0.2, 0.25) is 0 Å². The molecular weight excluding hydrogens is 428 g/mol. The largest absolute Gasteiger partial charge is 0.311 e. The lowest BCUT2D eigenvalue weighted by Gasteiger charge is -2.25. The van der Waals surface area contributed by atoms with Crippen molar-refractivity contribution in [3.8, 4) is 22.8 Å². The Labute approximate surface area is 205 Å². The van der Waals surface area contributed by atoms with E-state index < -0.39 is 0 Å². The fourth-order valence-corrected chi connectivity index (χ4v) is 4.56. The Morgan fingerprint density at radius 1 is 0.629 bits per heavy atom. The summed E-state index contributed by atoms with van der Waals surface area (Å²) in [6.45, 7) is 0. The average molecular weight is 454 g/mol. The predicted molar refractivity (Wildman–Crippen MR) is 142 cm³/mol. The van der Waals surface area contributed by atoms with Crippen LogP contribution in [0.15, 0.2) is 134 Å². The SMILES string of the molecule is C[n+]1ccccc1-c1nc(-c2ccc(N(c3ccccc3)c3ccccc3)cc2)n2ccccc12. The lowest BCUT2D eigenvalue weighted by Crippen LogP contribution is -2.30. The maximum absolute atomic E-state index is 5.11. The first kappa shape index (κ1) is 20.9. The highest BCUT2D eigenvalue weighted by Gasteiger charge is 2.20. The number of pyridine rings is 2. The molecule has 0 radical (unpaired) electrons. The molecule has 0 bridgehead atoms. The summed E-state index contributed by atoms with van der Waals surface area (Å²) in [6, 6.07) is 42.0. The number of hydrogen-bond donors (Lipinski definition) is 0. The van der Waals surface area contributed by atoms with E-state index in [0.717, 1.165) is 45.4 Å². The number of hydrogen-bond acceptors (Lipinski definition) is 2. The second-order valence-electron chi connectivity index (χ2n) is 8.49. The molecule has 6 rings (SSSR count). The number of fused-ring (bicyclic) bond motifs is 1. The molecule has 6 aromatic rings. The Balaban J connectivity index is 1.45. The average Bonchev–Trinajstić information content (AvgIpc) is 3.30. The lowest BCUT2D eigenvalue weighted by molar-refractivity contribution is -0.660. The van der Waals surface area contributed by atoms with E-state index in [0.29, 0.717) is 0 Å². The van der Waals surface area contributed by atoms with Crippen LogP contribution >= 0.6 is 0 Å². The van der Waals surface area contributed by atoms with E-state index in [-0.39, 0.29) is 0 Å². The molecule has 0 spiro atoms. The first-order valence-corrected chi connectivity index (χ1v) is 11.7. The van der Waals surface area contributed by atoms with Crippen LogP contribution in [-0.2, 0) is 7.05 Å². The Hall–Kier alpha value is -4.70. The van der Waals surface area contributed by atoms with E-state index in [1.54, 1.807) is 0 Å². The van der Waals surface area contributed by atoms with Gasteiger partial charge in [0.05, 0.1) is 5.52 Å². The number of rotatable bonds is 5. The predicted octanol–water partition coefficient (Wildman–Crippen LogP) is 6.96. The fourth-order valence-electron chi connectivity index (χ4n) is 4.56. The molecule has 0 N–H and O–H groups in total. The minimum Gasteiger partial charge on any atom is -0.311 e. The second-order valence-corrected chi connectivity index (χ2v) is 8.49. The molecule has 3 aromatic carbocycles. The van der Waals surface area contributed by atoms with Crippen LogP contribution in [0, 0.1) is 0 Å². The van der Waals surface area contributed by atoms with Gasteiger partial charge in [-0.25, -0.2) is 4.98 Å². The van der Waals surface area contributed by atoms with Crippen LogP contribution in [0.3, 0.4) is 0 Å². The van der Waals surface area contributed by atoms with Crippen molar-refractivity contribution in [2.24, 2.45) is 7.05 Å². The number of para-hydroxylation sites is 2. The number of aromatic nitrogens is 3. The minimum atomic E-state index is 0.928. The summed E-state index contributed by atoms with van der Waals surface area (Å²) in [4.78, 5) is 7.38. The van der Waals surface area contributed by atoms with E-state index in [4.69, 9.17) is 4.98 Å². The van der Waals surface area contributed by atoms with Crippen molar-refractivity contribution < 1.29 is 4.57 Å². The molecule has 4 heteroatoms. The molecule has 0 amide bonds. The van der Waals surface area contributed by atoms with Gasteiger partial charge in [-0.2, -0.15) is 4.57 Å². The standard InChI is InChI=1S/C31H25N4/c1-33-22-10-8-16-28(33)30-29-17-9-11-23-34(29)31(32-30)24-18-20-27(21-19-24)35(25-12-4-2-5-13-25)26-14-6-3-7-15-26/h2-23H,1H3/q+1. The molecular formula is C31H25N4+. The molecule has 35 heavy (non-hydrogen) atoms. The molecule has 0 fully saturated rings. The van der Waals surface area contributed by atoms with Crippen molar-refractivity contribution in [2.45, 2.75) is 0 Å². The van der Waals surface area contributed by atoms with Crippen molar-refractivity contribution in [1.29, 1.82) is 0 Å². The Kier molecular flexibility index (Phi) is 5.32. The summed E-state index contributed by atoms with van der Waals surface area (Å²) in [7, 11) is 2.06. The van der Waals surface area contributed by atoms with Crippen LogP contribution in [0.25, 0.3) is 28.3 Å². The van der Waals surface area contributed by atoms with Gasteiger partial charge in [-0.05, 0) is 66.7 Å². The molecule has 168 valence electrons. The summed E-state index contributed by atoms with van der Waals surface area (Å²) in [5, 5.41) is 0. The fraction of sp³-hybridized carbons (Fsp3) is 0.0323. The van der Waals surface area contributed by atoms with Crippen LogP contribution in [0.4, 0.5) is 17.1 Å². The third-order valence-electron chi connectivity index (χ3n) is 6.26. The van der Waals surface area contributed by atoms with Gasteiger partial charge in [0.1, 0.15) is 12.9 Å². The quantitative estimate of drug-likeness (QED) is 0.264. The van der Waals surface area contributed by atoms with Crippen molar-refractivity contribution >= 4 is 22.6 Å². The van der Waals surface area contributed by atoms with Gasteiger partial charge in [0.2, 0.25) is 5.69 Å². The highest BCUT2D eigenvalue weighted by molar-refractivity contribution is 5.81. The van der Waals surface area contributed by atoms with Gasteiger partial charge in [0, 0.05) is 41.0 Å². The molecule has 4 nitrogen and oxygen atoms in total. The maximum Gasteiger partial charge on any atom is 0.233 e. The molecule has 0 aliphatic rings. The van der Waals surface area contributed by atoms with Crippen LogP contribution < -0.4 is 9.47 Å². The smallest absolute Gasteiger partial charge is 0.233 e. The Morgan fingerprint density at radius 3 is 1.89 bits per heavy atom. The summed E-state index contributed by atoms with van der Waals surface area (Å²) < 4.78 is 4.28. The summed E-state index contributed by atoms with van der Waals surface area (Å²) >= 11 is 0.